The highest BCUT2D eigenvalue weighted by molar-refractivity contribution is 5.76. The van der Waals surface area contributed by atoms with Gasteiger partial charge in [0.15, 0.2) is 0 Å². The van der Waals surface area contributed by atoms with Gasteiger partial charge in [0, 0.05) is 32.5 Å². The molecule has 0 aromatic rings. The molecule has 0 aliphatic carbocycles. The predicted molar refractivity (Wildman–Crippen MR) is 62.9 cm³/mol. The second-order valence-corrected chi connectivity index (χ2v) is 4.48. The first-order valence-corrected chi connectivity index (χ1v) is 6.18. The van der Waals surface area contributed by atoms with E-state index in [-0.39, 0.29) is 17.9 Å². The van der Waals surface area contributed by atoms with E-state index in [4.69, 9.17) is 0 Å². The topological polar surface area (TPSA) is 49.4 Å². The lowest BCUT2D eigenvalue weighted by molar-refractivity contribution is -0.130. The SMILES string of the molecule is CCCC(=O)NC1CCCCN(C(C)=O)C1. The molecule has 1 aliphatic heterocycles. The molecule has 1 atom stereocenters. The predicted octanol–water partition coefficient (Wildman–Crippen LogP) is 1.30. The van der Waals surface area contributed by atoms with E-state index < -0.39 is 0 Å². The van der Waals surface area contributed by atoms with Gasteiger partial charge in [-0.25, -0.2) is 0 Å². The summed E-state index contributed by atoms with van der Waals surface area (Å²) in [4.78, 5) is 24.6. The maximum atomic E-state index is 11.5. The van der Waals surface area contributed by atoms with E-state index in [1.165, 1.54) is 0 Å². The second kappa shape index (κ2) is 6.51. The number of hydrogen-bond donors (Lipinski definition) is 1. The largest absolute Gasteiger partial charge is 0.352 e. The van der Waals surface area contributed by atoms with E-state index in [0.29, 0.717) is 13.0 Å². The molecule has 0 spiro atoms. The third kappa shape index (κ3) is 4.21. The Morgan fingerprint density at radius 2 is 2.12 bits per heavy atom. The van der Waals surface area contributed by atoms with Gasteiger partial charge in [0.1, 0.15) is 0 Å². The van der Waals surface area contributed by atoms with Crippen molar-refractivity contribution in [3.63, 3.8) is 0 Å². The Balaban J connectivity index is 2.45. The van der Waals surface area contributed by atoms with E-state index >= 15 is 0 Å². The fraction of sp³-hybridized carbons (Fsp3) is 0.833. The Hall–Kier alpha value is -1.06. The molecular weight excluding hydrogens is 204 g/mol. The van der Waals surface area contributed by atoms with Crippen LogP contribution in [0.4, 0.5) is 0 Å². The summed E-state index contributed by atoms with van der Waals surface area (Å²) >= 11 is 0. The molecular formula is C12H22N2O2. The van der Waals surface area contributed by atoms with E-state index in [2.05, 4.69) is 5.32 Å². The molecule has 0 saturated carbocycles. The molecule has 1 saturated heterocycles. The van der Waals surface area contributed by atoms with E-state index in [1.807, 2.05) is 11.8 Å². The molecule has 1 fully saturated rings. The lowest BCUT2D eigenvalue weighted by Gasteiger charge is -2.23. The first kappa shape index (κ1) is 13.0. The van der Waals surface area contributed by atoms with Crippen molar-refractivity contribution in [1.29, 1.82) is 0 Å². The molecule has 1 unspecified atom stereocenters. The van der Waals surface area contributed by atoms with Crippen LogP contribution in [0.25, 0.3) is 0 Å². The van der Waals surface area contributed by atoms with Crippen LogP contribution in [0, 0.1) is 0 Å². The van der Waals surface area contributed by atoms with Crippen LogP contribution in [-0.2, 0) is 9.59 Å². The molecule has 0 aromatic heterocycles. The molecule has 16 heavy (non-hydrogen) atoms. The summed E-state index contributed by atoms with van der Waals surface area (Å²) in [5, 5.41) is 3.01. The summed E-state index contributed by atoms with van der Waals surface area (Å²) in [6.45, 7) is 5.09. The normalized spacial score (nSPS) is 21.4. The summed E-state index contributed by atoms with van der Waals surface area (Å²) < 4.78 is 0. The molecule has 0 bridgehead atoms. The molecule has 0 radical (unpaired) electrons. The summed E-state index contributed by atoms with van der Waals surface area (Å²) in [7, 11) is 0. The lowest BCUT2D eigenvalue weighted by Crippen LogP contribution is -2.43. The zero-order valence-corrected chi connectivity index (χ0v) is 10.3. The number of nitrogens with zero attached hydrogens (tertiary/aromatic N) is 1. The van der Waals surface area contributed by atoms with Gasteiger partial charge in [-0.1, -0.05) is 6.92 Å². The van der Waals surface area contributed by atoms with Crippen molar-refractivity contribution in [3.8, 4) is 0 Å². The van der Waals surface area contributed by atoms with Gasteiger partial charge >= 0.3 is 0 Å². The van der Waals surface area contributed by atoms with Gasteiger partial charge in [0.05, 0.1) is 0 Å². The molecule has 4 nitrogen and oxygen atoms in total. The zero-order valence-electron chi connectivity index (χ0n) is 10.3. The molecule has 1 rings (SSSR count). The smallest absolute Gasteiger partial charge is 0.220 e. The molecule has 0 aromatic carbocycles. The third-order valence-electron chi connectivity index (χ3n) is 2.96. The van der Waals surface area contributed by atoms with Gasteiger partial charge < -0.3 is 10.2 Å². The van der Waals surface area contributed by atoms with Crippen molar-refractivity contribution in [2.75, 3.05) is 13.1 Å². The highest BCUT2D eigenvalue weighted by Crippen LogP contribution is 2.11. The Morgan fingerprint density at radius 3 is 2.75 bits per heavy atom. The minimum Gasteiger partial charge on any atom is -0.352 e. The average molecular weight is 226 g/mol. The average Bonchev–Trinajstić information content (AvgIpc) is 2.43. The number of hydrogen-bond acceptors (Lipinski definition) is 2. The number of rotatable bonds is 3. The lowest BCUT2D eigenvalue weighted by atomic mass is 10.1. The molecule has 4 heteroatoms. The van der Waals surface area contributed by atoms with Crippen LogP contribution >= 0.6 is 0 Å². The van der Waals surface area contributed by atoms with Crippen LogP contribution in [-0.4, -0.2) is 35.8 Å². The molecule has 1 heterocycles. The molecule has 2 amide bonds. The van der Waals surface area contributed by atoms with Crippen LogP contribution in [0.5, 0.6) is 0 Å². The minimum atomic E-state index is 0.108. The first-order valence-electron chi connectivity index (χ1n) is 6.18. The number of likely N-dealkylation sites (tertiary alicyclic amines) is 1. The van der Waals surface area contributed by atoms with Crippen molar-refractivity contribution in [2.45, 2.75) is 52.0 Å². The highest BCUT2D eigenvalue weighted by Gasteiger charge is 2.20. The van der Waals surface area contributed by atoms with Crippen LogP contribution < -0.4 is 5.32 Å². The zero-order chi connectivity index (χ0) is 12.0. The fourth-order valence-electron chi connectivity index (χ4n) is 2.07. The van der Waals surface area contributed by atoms with Crippen LogP contribution in [0.1, 0.15) is 46.0 Å². The van der Waals surface area contributed by atoms with E-state index in [0.717, 1.165) is 32.2 Å². The minimum absolute atomic E-state index is 0.108. The van der Waals surface area contributed by atoms with Crippen molar-refractivity contribution < 1.29 is 9.59 Å². The van der Waals surface area contributed by atoms with Gasteiger partial charge in [-0.05, 0) is 25.7 Å². The monoisotopic (exact) mass is 226 g/mol. The molecule has 1 aliphatic rings. The van der Waals surface area contributed by atoms with E-state index in [9.17, 15) is 9.59 Å². The van der Waals surface area contributed by atoms with Gasteiger partial charge in [-0.2, -0.15) is 0 Å². The van der Waals surface area contributed by atoms with Crippen LogP contribution in [0.15, 0.2) is 0 Å². The Morgan fingerprint density at radius 1 is 1.38 bits per heavy atom. The maximum Gasteiger partial charge on any atom is 0.220 e. The Labute approximate surface area is 97.4 Å². The Bertz CT molecular complexity index is 253. The Kier molecular flexibility index (Phi) is 5.29. The highest BCUT2D eigenvalue weighted by atomic mass is 16.2. The van der Waals surface area contributed by atoms with Crippen molar-refractivity contribution >= 4 is 11.8 Å². The number of amides is 2. The summed E-state index contributed by atoms with van der Waals surface area (Å²) in [6.07, 6.45) is 4.56. The van der Waals surface area contributed by atoms with E-state index in [1.54, 1.807) is 6.92 Å². The number of carbonyl (C=O) groups is 2. The fourth-order valence-corrected chi connectivity index (χ4v) is 2.07. The van der Waals surface area contributed by atoms with Gasteiger partial charge in [-0.15, -0.1) is 0 Å². The number of nitrogens with one attached hydrogen (secondary N) is 1. The van der Waals surface area contributed by atoms with Crippen molar-refractivity contribution in [3.05, 3.63) is 0 Å². The first-order chi connectivity index (χ1) is 7.63. The maximum absolute atomic E-state index is 11.5. The quantitative estimate of drug-likeness (QED) is 0.788. The molecule has 1 N–H and O–H groups in total. The third-order valence-corrected chi connectivity index (χ3v) is 2.96. The van der Waals surface area contributed by atoms with Gasteiger partial charge in [0.25, 0.3) is 0 Å². The standard InChI is InChI=1S/C12H22N2O2/c1-3-6-12(16)13-11-7-4-5-8-14(9-11)10(2)15/h11H,3-9H2,1-2H3,(H,13,16). The van der Waals surface area contributed by atoms with Crippen LogP contribution in [0.3, 0.4) is 0 Å². The molecule has 92 valence electrons. The number of carbonyl (C=O) groups excluding carboxylic acids is 2. The summed E-state index contributed by atoms with van der Waals surface area (Å²) in [6, 6.07) is 0.144. The van der Waals surface area contributed by atoms with Crippen LogP contribution in [0.2, 0.25) is 0 Å². The van der Waals surface area contributed by atoms with Gasteiger partial charge in [-0.3, -0.25) is 9.59 Å². The van der Waals surface area contributed by atoms with Crippen molar-refractivity contribution in [1.82, 2.24) is 10.2 Å². The van der Waals surface area contributed by atoms with Crippen molar-refractivity contribution in [2.24, 2.45) is 0 Å². The summed E-state index contributed by atoms with van der Waals surface area (Å²) in [5.41, 5.74) is 0. The summed E-state index contributed by atoms with van der Waals surface area (Å²) in [5.74, 6) is 0.217. The second-order valence-electron chi connectivity index (χ2n) is 4.48. The van der Waals surface area contributed by atoms with Gasteiger partial charge in [0.2, 0.25) is 11.8 Å².